The summed E-state index contributed by atoms with van der Waals surface area (Å²) in [5.74, 6) is -2.48. The van der Waals surface area contributed by atoms with Gasteiger partial charge in [0.05, 0.1) is 17.9 Å². The van der Waals surface area contributed by atoms with Crippen molar-refractivity contribution in [3.63, 3.8) is 0 Å². The van der Waals surface area contributed by atoms with E-state index in [4.69, 9.17) is 4.74 Å². The second-order valence-corrected chi connectivity index (χ2v) is 6.56. The van der Waals surface area contributed by atoms with E-state index in [1.165, 1.54) is 0 Å². The number of halogens is 3. The lowest BCUT2D eigenvalue weighted by atomic mass is 9.81. The van der Waals surface area contributed by atoms with E-state index in [0.717, 1.165) is 19.3 Å². The first-order valence-electron chi connectivity index (χ1n) is 8.21. The Kier molecular flexibility index (Phi) is 4.64. The summed E-state index contributed by atoms with van der Waals surface area (Å²) in [4.78, 5) is 12.3. The van der Waals surface area contributed by atoms with Crippen LogP contribution in [0.5, 0.6) is 0 Å². The average Bonchev–Trinajstić information content (AvgIpc) is 3.17. The van der Waals surface area contributed by atoms with E-state index in [1.54, 1.807) is 10.9 Å². The predicted octanol–water partition coefficient (Wildman–Crippen LogP) is 3.89. The van der Waals surface area contributed by atoms with Crippen molar-refractivity contribution in [3.05, 3.63) is 18.5 Å². The summed E-state index contributed by atoms with van der Waals surface area (Å²) < 4.78 is 46.0. The first-order chi connectivity index (χ1) is 10.9. The number of carbonyl (C=O) groups is 1. The molecule has 2 saturated carbocycles. The molecule has 0 bridgehead atoms. The zero-order chi connectivity index (χ0) is 16.4. The van der Waals surface area contributed by atoms with Crippen LogP contribution in [0.15, 0.2) is 18.5 Å². The van der Waals surface area contributed by atoms with Crippen molar-refractivity contribution < 1.29 is 22.7 Å². The number of alkyl halides is 3. The quantitative estimate of drug-likeness (QED) is 0.790. The molecule has 0 saturated heterocycles. The van der Waals surface area contributed by atoms with Crippen LogP contribution in [0.1, 0.15) is 51.0 Å². The Hall–Kier alpha value is -1.53. The van der Waals surface area contributed by atoms with E-state index < -0.39 is 24.0 Å². The molecule has 1 aromatic heterocycles. The molecule has 1 aromatic rings. The molecule has 0 radical (unpaired) electrons. The molecule has 2 aliphatic rings. The van der Waals surface area contributed by atoms with Crippen molar-refractivity contribution in [1.82, 2.24) is 9.78 Å². The number of hydrogen-bond acceptors (Lipinski definition) is 3. The van der Waals surface area contributed by atoms with Crippen molar-refractivity contribution in [2.24, 2.45) is 11.8 Å². The number of nitrogens with zero attached hydrogens (tertiary/aromatic N) is 2. The summed E-state index contributed by atoms with van der Waals surface area (Å²) in [6.07, 6.45) is 2.44. The molecule has 0 amide bonds. The molecule has 0 aliphatic heterocycles. The van der Waals surface area contributed by atoms with Crippen LogP contribution in [-0.2, 0) is 9.53 Å². The molecule has 3 rings (SSSR count). The smallest absolute Gasteiger partial charge is 0.391 e. The third-order valence-electron chi connectivity index (χ3n) is 5.02. The molecule has 0 unspecified atom stereocenters. The minimum absolute atomic E-state index is 0.00375. The maximum atomic E-state index is 12.9. The van der Waals surface area contributed by atoms with Crippen molar-refractivity contribution in [1.29, 1.82) is 0 Å². The van der Waals surface area contributed by atoms with Gasteiger partial charge in [0.1, 0.15) is 6.10 Å². The van der Waals surface area contributed by atoms with Crippen LogP contribution in [-0.4, -0.2) is 28.0 Å². The lowest BCUT2D eigenvalue weighted by Gasteiger charge is -2.30. The Morgan fingerprint density at radius 2 is 1.96 bits per heavy atom. The Morgan fingerprint density at radius 3 is 2.65 bits per heavy atom. The molecule has 0 N–H and O–H groups in total. The van der Waals surface area contributed by atoms with Crippen LogP contribution in [0.25, 0.3) is 0 Å². The number of esters is 1. The van der Waals surface area contributed by atoms with E-state index in [1.807, 2.05) is 12.3 Å². The van der Waals surface area contributed by atoms with Crippen molar-refractivity contribution in [3.8, 4) is 0 Å². The summed E-state index contributed by atoms with van der Waals surface area (Å²) in [7, 11) is 0. The molecule has 2 fully saturated rings. The number of rotatable bonds is 3. The zero-order valence-electron chi connectivity index (χ0n) is 12.8. The van der Waals surface area contributed by atoms with Crippen LogP contribution in [0.2, 0.25) is 0 Å². The monoisotopic (exact) mass is 330 g/mol. The van der Waals surface area contributed by atoms with Crippen LogP contribution < -0.4 is 0 Å². The summed E-state index contributed by atoms with van der Waals surface area (Å²) in [5, 5.41) is 4.19. The van der Waals surface area contributed by atoms with E-state index in [9.17, 15) is 18.0 Å². The fourth-order valence-corrected chi connectivity index (χ4v) is 3.77. The van der Waals surface area contributed by atoms with Crippen molar-refractivity contribution >= 4 is 5.97 Å². The first-order valence-corrected chi connectivity index (χ1v) is 8.21. The highest BCUT2D eigenvalue weighted by atomic mass is 19.4. The largest absolute Gasteiger partial charge is 0.460 e. The van der Waals surface area contributed by atoms with Gasteiger partial charge in [-0.25, -0.2) is 0 Å². The molecular formula is C16H21F3N2O2. The van der Waals surface area contributed by atoms with Crippen LogP contribution in [0.4, 0.5) is 13.2 Å². The molecule has 23 heavy (non-hydrogen) atoms. The maximum Gasteiger partial charge on any atom is 0.391 e. The van der Waals surface area contributed by atoms with E-state index in [-0.39, 0.29) is 25.0 Å². The Bertz CT molecular complexity index is 530. The topological polar surface area (TPSA) is 44.1 Å². The van der Waals surface area contributed by atoms with E-state index >= 15 is 0 Å². The SMILES string of the molecule is O=C(O[C@@H]1CCC[C@H]1n1cccn1)[C@@H]1CCC[C@H](C(F)(F)F)C1. The fourth-order valence-electron chi connectivity index (χ4n) is 3.77. The van der Waals surface area contributed by atoms with Crippen LogP contribution >= 0.6 is 0 Å². The molecule has 128 valence electrons. The highest BCUT2D eigenvalue weighted by Gasteiger charge is 2.44. The lowest BCUT2D eigenvalue weighted by Crippen LogP contribution is -2.35. The second kappa shape index (κ2) is 6.53. The number of carbonyl (C=O) groups excluding carboxylic acids is 1. The summed E-state index contributed by atoms with van der Waals surface area (Å²) in [6.45, 7) is 0. The molecule has 0 aromatic carbocycles. The lowest BCUT2D eigenvalue weighted by molar-refractivity contribution is -0.190. The minimum atomic E-state index is -4.22. The third kappa shape index (κ3) is 3.70. The van der Waals surface area contributed by atoms with Gasteiger partial charge in [0.2, 0.25) is 0 Å². The summed E-state index contributed by atoms with van der Waals surface area (Å²) in [5.41, 5.74) is 0. The van der Waals surface area contributed by atoms with Gasteiger partial charge in [-0.1, -0.05) is 6.42 Å². The van der Waals surface area contributed by atoms with Crippen molar-refractivity contribution in [2.45, 2.75) is 63.3 Å². The number of aromatic nitrogens is 2. The molecule has 1 heterocycles. The highest BCUT2D eigenvalue weighted by molar-refractivity contribution is 5.72. The van der Waals surface area contributed by atoms with Gasteiger partial charge in [-0.05, 0) is 44.6 Å². The standard InChI is InChI=1S/C16H21F3N2O2/c17-16(18,19)12-5-1-4-11(10-12)15(22)23-14-7-2-6-13(14)21-9-3-8-20-21/h3,8-9,11-14H,1-2,4-7,10H2/t11-,12+,13-,14-/m1/s1. The number of hydrogen-bond donors (Lipinski definition) is 0. The van der Waals surface area contributed by atoms with Crippen LogP contribution in [0.3, 0.4) is 0 Å². The van der Waals surface area contributed by atoms with Gasteiger partial charge in [0.15, 0.2) is 0 Å². The Balaban J connectivity index is 1.60. The van der Waals surface area contributed by atoms with Gasteiger partial charge >= 0.3 is 12.1 Å². The van der Waals surface area contributed by atoms with Gasteiger partial charge in [-0.3, -0.25) is 9.48 Å². The molecular weight excluding hydrogens is 309 g/mol. The first kappa shape index (κ1) is 16.3. The Morgan fingerprint density at radius 1 is 1.17 bits per heavy atom. The maximum absolute atomic E-state index is 12.9. The summed E-state index contributed by atoms with van der Waals surface area (Å²) in [6, 6.07) is 1.81. The fraction of sp³-hybridized carbons (Fsp3) is 0.750. The average molecular weight is 330 g/mol. The van der Waals surface area contributed by atoms with Gasteiger partial charge in [0, 0.05) is 12.4 Å². The minimum Gasteiger partial charge on any atom is -0.460 e. The Labute approximate surface area is 133 Å². The highest BCUT2D eigenvalue weighted by Crippen LogP contribution is 2.41. The van der Waals surface area contributed by atoms with E-state index in [0.29, 0.717) is 12.8 Å². The zero-order valence-corrected chi connectivity index (χ0v) is 12.8. The summed E-state index contributed by atoms with van der Waals surface area (Å²) >= 11 is 0. The number of ether oxygens (including phenoxy) is 1. The van der Waals surface area contributed by atoms with Gasteiger partial charge in [-0.2, -0.15) is 18.3 Å². The molecule has 4 nitrogen and oxygen atoms in total. The molecule has 0 spiro atoms. The predicted molar refractivity (Wildman–Crippen MR) is 76.5 cm³/mol. The van der Waals surface area contributed by atoms with Gasteiger partial charge < -0.3 is 4.74 Å². The second-order valence-electron chi connectivity index (χ2n) is 6.56. The normalized spacial score (nSPS) is 32.0. The molecule has 4 atom stereocenters. The van der Waals surface area contributed by atoms with Gasteiger partial charge in [0.25, 0.3) is 0 Å². The van der Waals surface area contributed by atoms with Crippen molar-refractivity contribution in [2.75, 3.05) is 0 Å². The van der Waals surface area contributed by atoms with Crippen LogP contribution in [0, 0.1) is 11.8 Å². The van der Waals surface area contributed by atoms with Gasteiger partial charge in [-0.15, -0.1) is 0 Å². The molecule has 7 heteroatoms. The third-order valence-corrected chi connectivity index (χ3v) is 5.02. The van der Waals surface area contributed by atoms with E-state index in [2.05, 4.69) is 5.10 Å². The molecule has 2 aliphatic carbocycles.